The smallest absolute Gasteiger partial charge is 0.338 e. The molecular formula is C25H32N2O5. The van der Waals surface area contributed by atoms with Crippen LogP contribution in [0.5, 0.6) is 0 Å². The molecule has 3 aliphatic rings. The van der Waals surface area contributed by atoms with E-state index in [0.717, 1.165) is 31.5 Å². The van der Waals surface area contributed by atoms with E-state index in [1.807, 2.05) is 6.07 Å². The summed E-state index contributed by atoms with van der Waals surface area (Å²) in [7, 11) is 0. The zero-order valence-electron chi connectivity index (χ0n) is 18.9. The lowest BCUT2D eigenvalue weighted by atomic mass is 9.77. The van der Waals surface area contributed by atoms with Crippen molar-refractivity contribution < 1.29 is 23.9 Å². The summed E-state index contributed by atoms with van der Waals surface area (Å²) in [6.07, 6.45) is 8.18. The minimum atomic E-state index is -0.673. The Hall–Kier alpha value is -2.67. The van der Waals surface area contributed by atoms with Gasteiger partial charge in [0, 0.05) is 17.5 Å². The molecule has 32 heavy (non-hydrogen) atoms. The number of anilines is 1. The quantitative estimate of drug-likeness (QED) is 0.499. The molecule has 1 aliphatic carbocycles. The number of nitrogens with zero attached hydrogens (tertiary/aromatic N) is 2. The van der Waals surface area contributed by atoms with Crippen molar-refractivity contribution in [2.24, 2.45) is 5.92 Å². The Labute approximate surface area is 189 Å². The van der Waals surface area contributed by atoms with Crippen LogP contribution in [0, 0.1) is 5.92 Å². The summed E-state index contributed by atoms with van der Waals surface area (Å²) >= 11 is 0. The maximum Gasteiger partial charge on any atom is 0.338 e. The maximum absolute atomic E-state index is 13.6. The SMILES string of the molecule is CCOC(=O)c1ccc2c(c1)C1C=CCC1C(C(=O)OCC)N2C(=O)CN1CCCCC1. The molecule has 3 atom stereocenters. The van der Waals surface area contributed by atoms with Crippen molar-refractivity contribution in [1.82, 2.24) is 4.90 Å². The largest absolute Gasteiger partial charge is 0.464 e. The van der Waals surface area contributed by atoms with E-state index in [-0.39, 0.29) is 42.8 Å². The van der Waals surface area contributed by atoms with Gasteiger partial charge in [0.25, 0.3) is 0 Å². The number of esters is 2. The summed E-state index contributed by atoms with van der Waals surface area (Å²) in [6.45, 7) is 6.19. The first-order chi connectivity index (χ1) is 15.5. The lowest BCUT2D eigenvalue weighted by Gasteiger charge is -2.43. The van der Waals surface area contributed by atoms with Crippen molar-refractivity contribution in [3.05, 3.63) is 41.5 Å². The summed E-state index contributed by atoms with van der Waals surface area (Å²) in [5, 5.41) is 0. The monoisotopic (exact) mass is 440 g/mol. The van der Waals surface area contributed by atoms with Gasteiger partial charge in [0.2, 0.25) is 5.91 Å². The molecule has 7 heteroatoms. The Kier molecular flexibility index (Phi) is 6.94. The zero-order chi connectivity index (χ0) is 22.7. The summed E-state index contributed by atoms with van der Waals surface area (Å²) in [5.74, 6) is -0.997. The topological polar surface area (TPSA) is 76.2 Å². The van der Waals surface area contributed by atoms with Crippen molar-refractivity contribution >= 4 is 23.5 Å². The van der Waals surface area contributed by atoms with Crippen LogP contribution in [0.25, 0.3) is 0 Å². The highest BCUT2D eigenvalue weighted by molar-refractivity contribution is 6.03. The van der Waals surface area contributed by atoms with E-state index in [9.17, 15) is 14.4 Å². The number of ether oxygens (including phenoxy) is 2. The second-order valence-electron chi connectivity index (χ2n) is 8.64. The molecule has 0 bridgehead atoms. The first-order valence-corrected chi connectivity index (χ1v) is 11.7. The summed E-state index contributed by atoms with van der Waals surface area (Å²) in [5.41, 5.74) is 2.04. The normalized spacial score (nSPS) is 24.6. The van der Waals surface area contributed by atoms with Gasteiger partial charge in [0.05, 0.1) is 25.3 Å². The molecule has 172 valence electrons. The van der Waals surface area contributed by atoms with E-state index < -0.39 is 6.04 Å². The number of fused-ring (bicyclic) bond motifs is 3. The highest BCUT2D eigenvalue weighted by Crippen LogP contribution is 2.48. The molecule has 0 spiro atoms. The third-order valence-corrected chi connectivity index (χ3v) is 6.66. The minimum absolute atomic E-state index is 0.0483. The van der Waals surface area contributed by atoms with Gasteiger partial charge in [0.1, 0.15) is 6.04 Å². The molecule has 1 aromatic carbocycles. The second-order valence-corrected chi connectivity index (χ2v) is 8.64. The van der Waals surface area contributed by atoms with Crippen LogP contribution in [0.1, 0.15) is 61.4 Å². The number of hydrogen-bond acceptors (Lipinski definition) is 6. The molecule has 1 amide bonds. The molecule has 1 aromatic rings. The van der Waals surface area contributed by atoms with Crippen LogP contribution in [0.15, 0.2) is 30.4 Å². The Balaban J connectivity index is 1.73. The number of rotatable bonds is 6. The van der Waals surface area contributed by atoms with Gasteiger partial charge < -0.3 is 9.47 Å². The fourth-order valence-corrected chi connectivity index (χ4v) is 5.24. The van der Waals surface area contributed by atoms with Crippen LogP contribution < -0.4 is 4.90 Å². The summed E-state index contributed by atoms with van der Waals surface area (Å²) in [4.78, 5) is 42.9. The zero-order valence-corrected chi connectivity index (χ0v) is 18.9. The van der Waals surface area contributed by atoms with Crippen LogP contribution in [-0.4, -0.2) is 61.6 Å². The predicted octanol–water partition coefficient (Wildman–Crippen LogP) is 3.29. The molecule has 0 aromatic heterocycles. The molecular weight excluding hydrogens is 408 g/mol. The van der Waals surface area contributed by atoms with Gasteiger partial charge in [-0.05, 0) is 70.0 Å². The van der Waals surface area contributed by atoms with E-state index in [1.165, 1.54) is 6.42 Å². The fraction of sp³-hybridized carbons (Fsp3) is 0.560. The number of allylic oxidation sites excluding steroid dienone is 2. The lowest BCUT2D eigenvalue weighted by molar-refractivity contribution is -0.147. The molecule has 2 aliphatic heterocycles. The van der Waals surface area contributed by atoms with Gasteiger partial charge in [-0.3, -0.25) is 14.6 Å². The third-order valence-electron chi connectivity index (χ3n) is 6.66. The lowest BCUT2D eigenvalue weighted by Crippen LogP contribution is -2.56. The van der Waals surface area contributed by atoms with E-state index in [0.29, 0.717) is 24.3 Å². The average Bonchev–Trinajstić information content (AvgIpc) is 3.28. The van der Waals surface area contributed by atoms with Crippen molar-refractivity contribution in [3.63, 3.8) is 0 Å². The maximum atomic E-state index is 13.6. The van der Waals surface area contributed by atoms with Gasteiger partial charge in [0.15, 0.2) is 0 Å². The van der Waals surface area contributed by atoms with Gasteiger partial charge in [-0.1, -0.05) is 18.6 Å². The highest BCUT2D eigenvalue weighted by atomic mass is 16.5. The van der Waals surface area contributed by atoms with Gasteiger partial charge >= 0.3 is 11.9 Å². The summed E-state index contributed by atoms with van der Waals surface area (Å²) < 4.78 is 10.6. The van der Waals surface area contributed by atoms with E-state index in [2.05, 4.69) is 17.1 Å². The van der Waals surface area contributed by atoms with Crippen LogP contribution in [0.4, 0.5) is 5.69 Å². The number of amides is 1. The van der Waals surface area contributed by atoms with Crippen LogP contribution in [-0.2, 0) is 19.1 Å². The number of carbonyl (C=O) groups excluding carboxylic acids is 3. The van der Waals surface area contributed by atoms with Crippen molar-refractivity contribution in [2.75, 3.05) is 37.7 Å². The Bertz CT molecular complexity index is 906. The van der Waals surface area contributed by atoms with E-state index >= 15 is 0 Å². The van der Waals surface area contributed by atoms with Gasteiger partial charge in [-0.25, -0.2) is 9.59 Å². The average molecular weight is 441 g/mol. The number of piperidine rings is 1. The van der Waals surface area contributed by atoms with Gasteiger partial charge in [-0.2, -0.15) is 0 Å². The first-order valence-electron chi connectivity index (χ1n) is 11.7. The number of benzene rings is 1. The molecule has 1 saturated heterocycles. The Morgan fingerprint density at radius 1 is 1.03 bits per heavy atom. The molecule has 0 radical (unpaired) electrons. The molecule has 2 heterocycles. The van der Waals surface area contributed by atoms with Crippen LogP contribution in [0.3, 0.4) is 0 Å². The van der Waals surface area contributed by atoms with E-state index in [1.54, 1.807) is 30.9 Å². The van der Waals surface area contributed by atoms with Gasteiger partial charge in [-0.15, -0.1) is 0 Å². The minimum Gasteiger partial charge on any atom is -0.464 e. The second kappa shape index (κ2) is 9.86. The fourth-order valence-electron chi connectivity index (χ4n) is 5.24. The molecule has 0 saturated carbocycles. The molecule has 4 rings (SSSR count). The highest BCUT2D eigenvalue weighted by Gasteiger charge is 2.48. The predicted molar refractivity (Wildman–Crippen MR) is 121 cm³/mol. The Morgan fingerprint density at radius 3 is 2.50 bits per heavy atom. The van der Waals surface area contributed by atoms with Crippen molar-refractivity contribution in [3.8, 4) is 0 Å². The molecule has 3 unspecified atom stereocenters. The van der Waals surface area contributed by atoms with Crippen LogP contribution in [0.2, 0.25) is 0 Å². The molecule has 7 nitrogen and oxygen atoms in total. The van der Waals surface area contributed by atoms with Crippen molar-refractivity contribution in [2.45, 2.75) is 51.5 Å². The summed E-state index contributed by atoms with van der Waals surface area (Å²) in [6, 6.07) is 4.61. The molecule has 1 fully saturated rings. The molecule has 0 N–H and O–H groups in total. The van der Waals surface area contributed by atoms with Crippen LogP contribution >= 0.6 is 0 Å². The van der Waals surface area contributed by atoms with Crippen molar-refractivity contribution in [1.29, 1.82) is 0 Å². The number of hydrogen-bond donors (Lipinski definition) is 0. The van der Waals surface area contributed by atoms with E-state index in [4.69, 9.17) is 9.47 Å². The Morgan fingerprint density at radius 2 is 1.78 bits per heavy atom. The first kappa shape index (κ1) is 22.5. The standard InChI is InChI=1S/C25H32N2O5/c1-3-31-24(29)17-11-12-21-20(15-17)18-9-8-10-19(18)23(25(30)32-4-2)27(21)22(28)16-26-13-6-5-7-14-26/h8-9,11-12,15,18-19,23H,3-7,10,13-14,16H2,1-2H3. The number of likely N-dealkylation sites (tertiary alicyclic amines) is 1. The number of carbonyl (C=O) groups is 3. The third kappa shape index (κ3) is 4.31.